The number of hydrogen-bond donors (Lipinski definition) is 1. The van der Waals surface area contributed by atoms with Gasteiger partial charge in [-0.2, -0.15) is 0 Å². The van der Waals surface area contributed by atoms with E-state index >= 15 is 0 Å². The molecule has 4 nitrogen and oxygen atoms in total. The van der Waals surface area contributed by atoms with E-state index in [0.717, 1.165) is 0 Å². The first-order valence-corrected chi connectivity index (χ1v) is 4.18. The molecule has 0 radical (unpaired) electrons. The van der Waals surface area contributed by atoms with E-state index in [0.29, 0.717) is 0 Å². The van der Waals surface area contributed by atoms with Gasteiger partial charge in [0.2, 0.25) is 0 Å². The normalized spacial score (nSPS) is 11.5. The predicted octanol–water partition coefficient (Wildman–Crippen LogP) is 1.44. The Morgan fingerprint density at radius 1 is 1.38 bits per heavy atom. The van der Waals surface area contributed by atoms with Crippen LogP contribution in [0.15, 0.2) is 0 Å². The topological polar surface area (TPSA) is 63.6 Å². The maximum absolute atomic E-state index is 11.1. The molecule has 0 spiro atoms. The van der Waals surface area contributed by atoms with Gasteiger partial charge in [-0.15, -0.1) is 0 Å². The molecule has 0 heterocycles. The summed E-state index contributed by atoms with van der Waals surface area (Å²) in [6.07, 6.45) is -0.294. The summed E-state index contributed by atoms with van der Waals surface area (Å²) in [6, 6.07) is 0. The number of ether oxygens (including phenoxy) is 1. The first-order chi connectivity index (χ1) is 5.75. The van der Waals surface area contributed by atoms with Crippen molar-refractivity contribution in [2.75, 3.05) is 0 Å². The molecule has 4 heteroatoms. The SMILES string of the molecule is CC(C)OC(=O)CC(C)(C)C(=O)O. The summed E-state index contributed by atoms with van der Waals surface area (Å²) in [4.78, 5) is 21.7. The fraction of sp³-hybridized carbons (Fsp3) is 0.778. The molecular formula is C9H16O4. The minimum atomic E-state index is -1.05. The molecular weight excluding hydrogens is 172 g/mol. The fourth-order valence-corrected chi connectivity index (χ4v) is 0.741. The fourth-order valence-electron chi connectivity index (χ4n) is 0.741. The van der Waals surface area contributed by atoms with Gasteiger partial charge in [-0.3, -0.25) is 9.59 Å². The van der Waals surface area contributed by atoms with Crippen LogP contribution in [-0.2, 0) is 14.3 Å². The summed E-state index contributed by atoms with van der Waals surface area (Å²) in [5, 5.41) is 8.72. The standard InChI is InChI=1S/C9H16O4/c1-6(2)13-7(10)5-9(3,4)8(11)12/h6H,5H2,1-4H3,(H,11,12). The van der Waals surface area contributed by atoms with Crippen molar-refractivity contribution >= 4 is 11.9 Å². The number of aliphatic carboxylic acids is 1. The minimum absolute atomic E-state index is 0.0967. The molecule has 0 atom stereocenters. The molecule has 0 saturated heterocycles. The van der Waals surface area contributed by atoms with Crippen molar-refractivity contribution in [3.05, 3.63) is 0 Å². The molecule has 0 saturated carbocycles. The summed E-state index contributed by atoms with van der Waals surface area (Å²) in [5.74, 6) is -1.46. The Hall–Kier alpha value is -1.06. The van der Waals surface area contributed by atoms with Crippen LogP contribution < -0.4 is 0 Å². The second kappa shape index (κ2) is 4.25. The number of rotatable bonds is 4. The van der Waals surface area contributed by atoms with E-state index in [2.05, 4.69) is 0 Å². The second-order valence-electron chi connectivity index (χ2n) is 3.90. The van der Waals surface area contributed by atoms with Gasteiger partial charge in [0.25, 0.3) is 0 Å². The second-order valence-corrected chi connectivity index (χ2v) is 3.90. The zero-order chi connectivity index (χ0) is 10.6. The van der Waals surface area contributed by atoms with Gasteiger partial charge in [0.1, 0.15) is 0 Å². The highest BCUT2D eigenvalue weighted by atomic mass is 16.5. The molecule has 76 valence electrons. The van der Waals surface area contributed by atoms with Gasteiger partial charge in [-0.05, 0) is 27.7 Å². The maximum Gasteiger partial charge on any atom is 0.309 e. The lowest BCUT2D eigenvalue weighted by atomic mass is 9.90. The average molecular weight is 188 g/mol. The maximum atomic E-state index is 11.1. The molecule has 0 aromatic rings. The summed E-state index contributed by atoms with van der Waals surface area (Å²) in [5.41, 5.74) is -1.05. The number of carboxylic acid groups (broad SMARTS) is 1. The molecule has 0 bridgehead atoms. The van der Waals surface area contributed by atoms with E-state index in [-0.39, 0.29) is 12.5 Å². The van der Waals surface area contributed by atoms with Crippen LogP contribution in [-0.4, -0.2) is 23.1 Å². The molecule has 0 fully saturated rings. The third kappa shape index (κ3) is 4.50. The van der Waals surface area contributed by atoms with Crippen LogP contribution in [0.4, 0.5) is 0 Å². The van der Waals surface area contributed by atoms with Crippen LogP contribution in [0.5, 0.6) is 0 Å². The number of carbonyl (C=O) groups is 2. The number of carboxylic acids is 1. The zero-order valence-corrected chi connectivity index (χ0v) is 8.46. The van der Waals surface area contributed by atoms with Gasteiger partial charge in [0.15, 0.2) is 0 Å². The van der Waals surface area contributed by atoms with Crippen LogP contribution in [0.2, 0.25) is 0 Å². The molecule has 0 aliphatic heterocycles. The monoisotopic (exact) mass is 188 g/mol. The van der Waals surface area contributed by atoms with E-state index in [1.54, 1.807) is 13.8 Å². The Kier molecular flexibility index (Phi) is 3.91. The number of hydrogen-bond acceptors (Lipinski definition) is 3. The minimum Gasteiger partial charge on any atom is -0.481 e. The van der Waals surface area contributed by atoms with Crippen molar-refractivity contribution in [1.82, 2.24) is 0 Å². The smallest absolute Gasteiger partial charge is 0.309 e. The lowest BCUT2D eigenvalue weighted by Gasteiger charge is -2.18. The van der Waals surface area contributed by atoms with Crippen LogP contribution >= 0.6 is 0 Å². The summed E-state index contributed by atoms with van der Waals surface area (Å²) < 4.78 is 4.83. The van der Waals surface area contributed by atoms with Crippen molar-refractivity contribution in [1.29, 1.82) is 0 Å². The Balaban J connectivity index is 4.12. The molecule has 0 aromatic carbocycles. The van der Waals surface area contributed by atoms with Crippen molar-refractivity contribution in [2.24, 2.45) is 5.41 Å². The van der Waals surface area contributed by atoms with E-state index in [4.69, 9.17) is 9.84 Å². The molecule has 0 unspecified atom stereocenters. The summed E-state index contributed by atoms with van der Waals surface area (Å²) in [7, 11) is 0. The van der Waals surface area contributed by atoms with Gasteiger partial charge < -0.3 is 9.84 Å². The third-order valence-electron chi connectivity index (χ3n) is 1.53. The van der Waals surface area contributed by atoms with Crippen molar-refractivity contribution in [3.8, 4) is 0 Å². The molecule has 13 heavy (non-hydrogen) atoms. The van der Waals surface area contributed by atoms with Crippen molar-refractivity contribution in [2.45, 2.75) is 40.2 Å². The Morgan fingerprint density at radius 2 is 1.85 bits per heavy atom. The van der Waals surface area contributed by atoms with Gasteiger partial charge >= 0.3 is 11.9 Å². The number of carbonyl (C=O) groups excluding carboxylic acids is 1. The van der Waals surface area contributed by atoms with Crippen LogP contribution in [0.1, 0.15) is 34.1 Å². The zero-order valence-electron chi connectivity index (χ0n) is 8.46. The van der Waals surface area contributed by atoms with Crippen molar-refractivity contribution in [3.63, 3.8) is 0 Å². The lowest BCUT2D eigenvalue weighted by molar-refractivity contribution is -0.158. The first-order valence-electron chi connectivity index (χ1n) is 4.18. The third-order valence-corrected chi connectivity index (χ3v) is 1.53. The molecule has 0 aliphatic rings. The Labute approximate surface area is 77.9 Å². The van der Waals surface area contributed by atoms with Crippen LogP contribution in [0, 0.1) is 5.41 Å². The van der Waals surface area contributed by atoms with E-state index in [9.17, 15) is 9.59 Å². The van der Waals surface area contributed by atoms with Crippen LogP contribution in [0.3, 0.4) is 0 Å². The van der Waals surface area contributed by atoms with Gasteiger partial charge in [-0.25, -0.2) is 0 Å². The van der Waals surface area contributed by atoms with Crippen LogP contribution in [0.25, 0.3) is 0 Å². The quantitative estimate of drug-likeness (QED) is 0.678. The molecule has 1 N–H and O–H groups in total. The molecule has 0 aromatic heterocycles. The Bertz CT molecular complexity index is 206. The van der Waals surface area contributed by atoms with E-state index in [1.807, 2.05) is 0 Å². The summed E-state index contributed by atoms with van der Waals surface area (Å²) in [6.45, 7) is 6.45. The summed E-state index contributed by atoms with van der Waals surface area (Å²) >= 11 is 0. The van der Waals surface area contributed by atoms with Crippen molar-refractivity contribution < 1.29 is 19.4 Å². The lowest BCUT2D eigenvalue weighted by Crippen LogP contribution is -2.28. The van der Waals surface area contributed by atoms with Gasteiger partial charge in [0, 0.05) is 0 Å². The highest BCUT2D eigenvalue weighted by Crippen LogP contribution is 2.21. The van der Waals surface area contributed by atoms with Gasteiger partial charge in [-0.1, -0.05) is 0 Å². The molecule has 0 aliphatic carbocycles. The molecule has 0 amide bonds. The predicted molar refractivity (Wildman–Crippen MR) is 47.3 cm³/mol. The largest absolute Gasteiger partial charge is 0.481 e. The highest BCUT2D eigenvalue weighted by molar-refractivity contribution is 5.81. The highest BCUT2D eigenvalue weighted by Gasteiger charge is 2.31. The number of esters is 1. The Morgan fingerprint density at radius 3 is 2.15 bits per heavy atom. The average Bonchev–Trinajstić information content (AvgIpc) is 1.82. The van der Waals surface area contributed by atoms with E-state index in [1.165, 1.54) is 13.8 Å². The molecule has 0 rings (SSSR count). The van der Waals surface area contributed by atoms with Gasteiger partial charge in [0.05, 0.1) is 17.9 Å². The van der Waals surface area contributed by atoms with E-state index < -0.39 is 17.4 Å². The first kappa shape index (κ1) is 11.9.